The van der Waals surface area contributed by atoms with Gasteiger partial charge in [0.25, 0.3) is 5.91 Å². The Morgan fingerprint density at radius 1 is 1.25 bits per heavy atom. The Bertz CT molecular complexity index is 897. The Balaban J connectivity index is 2.17. The van der Waals surface area contributed by atoms with Gasteiger partial charge in [0.1, 0.15) is 18.2 Å². The lowest BCUT2D eigenvalue weighted by Gasteiger charge is -2.12. The molecule has 0 fully saturated rings. The molecule has 0 aliphatic heterocycles. The molecule has 0 aromatic heterocycles. The molecule has 0 saturated carbocycles. The molecule has 1 amide bonds. The van der Waals surface area contributed by atoms with Gasteiger partial charge in [-0.05, 0) is 49.6 Å². The predicted molar refractivity (Wildman–Crippen MR) is 110 cm³/mol. The van der Waals surface area contributed by atoms with Crippen molar-refractivity contribution in [3.63, 3.8) is 0 Å². The van der Waals surface area contributed by atoms with Gasteiger partial charge in [-0.1, -0.05) is 42.8 Å². The molecule has 2 rings (SSSR count). The van der Waals surface area contributed by atoms with E-state index in [0.717, 1.165) is 12.0 Å². The van der Waals surface area contributed by atoms with Gasteiger partial charge in [0.2, 0.25) is 0 Å². The molecule has 0 heterocycles. The molecule has 2 aromatic carbocycles. The normalized spacial score (nSPS) is 12.0. The number of methoxy groups -OCH3 is 1. The molecule has 0 saturated heterocycles. The highest BCUT2D eigenvalue weighted by atomic mass is 16.5. The highest BCUT2D eigenvalue weighted by Crippen LogP contribution is 2.29. The van der Waals surface area contributed by atoms with Crippen LogP contribution < -0.4 is 14.8 Å². The van der Waals surface area contributed by atoms with E-state index >= 15 is 0 Å². The maximum absolute atomic E-state index is 12.2. The molecule has 0 spiro atoms. The topological polar surface area (TPSA) is 71.4 Å². The van der Waals surface area contributed by atoms with Crippen molar-refractivity contribution in [2.24, 2.45) is 0 Å². The number of carbonyl (C=O) groups is 1. The first-order valence-electron chi connectivity index (χ1n) is 9.25. The number of nitriles is 1. The van der Waals surface area contributed by atoms with Gasteiger partial charge in [-0.2, -0.15) is 5.26 Å². The first-order valence-corrected chi connectivity index (χ1v) is 9.25. The predicted octanol–water partition coefficient (Wildman–Crippen LogP) is 4.40. The molecule has 0 aliphatic rings. The maximum atomic E-state index is 12.2. The SMILES string of the molecule is CC[C@@H](C)NC(=O)/C(C#N)=C/c1ccc(OCc2cccc(C)c2)c(OC)c1. The van der Waals surface area contributed by atoms with Crippen molar-refractivity contribution in [3.8, 4) is 17.6 Å². The summed E-state index contributed by atoms with van der Waals surface area (Å²) in [5, 5.41) is 12.1. The fraction of sp³-hybridized carbons (Fsp3) is 0.304. The Morgan fingerprint density at radius 2 is 2.04 bits per heavy atom. The highest BCUT2D eigenvalue weighted by molar-refractivity contribution is 6.01. The molecule has 146 valence electrons. The van der Waals surface area contributed by atoms with Crippen molar-refractivity contribution >= 4 is 12.0 Å². The summed E-state index contributed by atoms with van der Waals surface area (Å²) in [6, 6.07) is 15.4. The monoisotopic (exact) mass is 378 g/mol. The molecule has 5 heteroatoms. The second-order valence-electron chi connectivity index (χ2n) is 6.64. The summed E-state index contributed by atoms with van der Waals surface area (Å²) in [6.07, 6.45) is 2.34. The molecule has 0 unspecified atom stereocenters. The van der Waals surface area contributed by atoms with E-state index in [0.29, 0.717) is 23.7 Å². The average molecular weight is 378 g/mol. The summed E-state index contributed by atoms with van der Waals surface area (Å²) in [5.74, 6) is 0.764. The number of carbonyl (C=O) groups excluding carboxylic acids is 1. The third kappa shape index (κ3) is 5.88. The lowest BCUT2D eigenvalue weighted by molar-refractivity contribution is -0.117. The van der Waals surface area contributed by atoms with Crippen molar-refractivity contribution < 1.29 is 14.3 Å². The molecular formula is C23H26N2O3. The molecule has 0 bridgehead atoms. The van der Waals surface area contributed by atoms with Crippen LogP contribution in [0.2, 0.25) is 0 Å². The number of nitrogens with one attached hydrogen (secondary N) is 1. The van der Waals surface area contributed by atoms with Gasteiger partial charge in [-0.15, -0.1) is 0 Å². The van der Waals surface area contributed by atoms with Crippen LogP contribution in [0.25, 0.3) is 6.08 Å². The fourth-order valence-corrected chi connectivity index (χ4v) is 2.58. The van der Waals surface area contributed by atoms with Crippen molar-refractivity contribution in [1.29, 1.82) is 5.26 Å². The molecule has 28 heavy (non-hydrogen) atoms. The minimum atomic E-state index is -0.379. The Labute approximate surface area is 166 Å². The Kier molecular flexibility index (Phi) is 7.65. The molecule has 0 radical (unpaired) electrons. The summed E-state index contributed by atoms with van der Waals surface area (Å²) >= 11 is 0. The van der Waals surface area contributed by atoms with E-state index in [2.05, 4.69) is 11.4 Å². The van der Waals surface area contributed by atoms with E-state index in [4.69, 9.17) is 9.47 Å². The van der Waals surface area contributed by atoms with Crippen LogP contribution in [0.3, 0.4) is 0 Å². The van der Waals surface area contributed by atoms with E-state index < -0.39 is 0 Å². The number of hydrogen-bond donors (Lipinski definition) is 1. The van der Waals surface area contributed by atoms with Crippen molar-refractivity contribution in [2.75, 3.05) is 7.11 Å². The van der Waals surface area contributed by atoms with Crippen LogP contribution in [-0.2, 0) is 11.4 Å². The smallest absolute Gasteiger partial charge is 0.262 e. The first-order chi connectivity index (χ1) is 13.5. The van der Waals surface area contributed by atoms with Crippen LogP contribution in [0.1, 0.15) is 37.0 Å². The third-order valence-electron chi connectivity index (χ3n) is 4.33. The van der Waals surface area contributed by atoms with E-state index in [9.17, 15) is 10.1 Å². The van der Waals surface area contributed by atoms with E-state index in [1.54, 1.807) is 31.4 Å². The number of benzene rings is 2. The number of nitrogens with zero attached hydrogens (tertiary/aromatic N) is 1. The summed E-state index contributed by atoms with van der Waals surface area (Å²) < 4.78 is 11.3. The van der Waals surface area contributed by atoms with Crippen LogP contribution in [0.4, 0.5) is 0 Å². The summed E-state index contributed by atoms with van der Waals surface area (Å²) in [5.41, 5.74) is 2.99. The number of ether oxygens (including phenoxy) is 2. The lowest BCUT2D eigenvalue weighted by atomic mass is 10.1. The molecule has 5 nitrogen and oxygen atoms in total. The number of hydrogen-bond acceptors (Lipinski definition) is 4. The number of aryl methyl sites for hydroxylation is 1. The van der Waals surface area contributed by atoms with Gasteiger partial charge in [0, 0.05) is 6.04 Å². The average Bonchev–Trinajstić information content (AvgIpc) is 2.70. The van der Waals surface area contributed by atoms with Crippen molar-refractivity contribution in [2.45, 2.75) is 39.8 Å². The van der Waals surface area contributed by atoms with Gasteiger partial charge < -0.3 is 14.8 Å². The van der Waals surface area contributed by atoms with Crippen LogP contribution in [-0.4, -0.2) is 19.1 Å². The molecule has 2 aromatic rings. The second-order valence-corrected chi connectivity index (χ2v) is 6.64. The van der Waals surface area contributed by atoms with E-state index in [1.165, 1.54) is 5.56 Å². The summed E-state index contributed by atoms with van der Waals surface area (Å²) in [4.78, 5) is 12.2. The van der Waals surface area contributed by atoms with Gasteiger partial charge >= 0.3 is 0 Å². The van der Waals surface area contributed by atoms with Crippen LogP contribution in [0, 0.1) is 18.3 Å². The quantitative estimate of drug-likeness (QED) is 0.546. The summed E-state index contributed by atoms with van der Waals surface area (Å²) in [6.45, 7) is 6.33. The van der Waals surface area contributed by atoms with Gasteiger partial charge in [0.05, 0.1) is 7.11 Å². The summed E-state index contributed by atoms with van der Waals surface area (Å²) in [7, 11) is 1.56. The Hall–Kier alpha value is -3.26. The van der Waals surface area contributed by atoms with Gasteiger partial charge in [-0.25, -0.2) is 0 Å². The molecule has 1 atom stereocenters. The zero-order valence-corrected chi connectivity index (χ0v) is 16.8. The Morgan fingerprint density at radius 3 is 2.68 bits per heavy atom. The van der Waals surface area contributed by atoms with Gasteiger partial charge in [-0.3, -0.25) is 4.79 Å². The molecular weight excluding hydrogens is 352 g/mol. The lowest BCUT2D eigenvalue weighted by Crippen LogP contribution is -2.32. The highest BCUT2D eigenvalue weighted by Gasteiger charge is 2.12. The standard InChI is InChI=1S/C23H26N2O3/c1-5-17(3)25-23(26)20(14-24)12-18-9-10-21(22(13-18)27-4)28-15-19-8-6-7-16(2)11-19/h6-13,17H,5,15H2,1-4H3,(H,25,26)/b20-12+/t17-/m1/s1. The third-order valence-corrected chi connectivity index (χ3v) is 4.33. The van der Waals surface area contributed by atoms with E-state index in [1.807, 2.05) is 45.0 Å². The van der Waals surface area contributed by atoms with Crippen LogP contribution in [0.15, 0.2) is 48.0 Å². The van der Waals surface area contributed by atoms with Gasteiger partial charge in [0.15, 0.2) is 11.5 Å². The fourth-order valence-electron chi connectivity index (χ4n) is 2.58. The zero-order valence-electron chi connectivity index (χ0n) is 16.8. The van der Waals surface area contributed by atoms with E-state index in [-0.39, 0.29) is 17.5 Å². The number of rotatable bonds is 8. The van der Waals surface area contributed by atoms with Crippen LogP contribution >= 0.6 is 0 Å². The first kappa shape index (κ1) is 21.0. The van der Waals surface area contributed by atoms with Crippen molar-refractivity contribution in [1.82, 2.24) is 5.32 Å². The second kappa shape index (κ2) is 10.2. The zero-order chi connectivity index (χ0) is 20.5. The number of amides is 1. The molecule has 0 aliphatic carbocycles. The minimum Gasteiger partial charge on any atom is -0.493 e. The molecule has 1 N–H and O–H groups in total. The largest absolute Gasteiger partial charge is 0.493 e. The minimum absolute atomic E-state index is 0.0104. The maximum Gasteiger partial charge on any atom is 0.262 e. The van der Waals surface area contributed by atoms with Crippen molar-refractivity contribution in [3.05, 3.63) is 64.7 Å². The van der Waals surface area contributed by atoms with Crippen LogP contribution in [0.5, 0.6) is 11.5 Å².